The van der Waals surface area contributed by atoms with Gasteiger partial charge in [-0.2, -0.15) is 0 Å². The maximum atomic E-state index is 12.9. The lowest BCUT2D eigenvalue weighted by Crippen LogP contribution is -2.44. The lowest BCUT2D eigenvalue weighted by atomic mass is 9.68. The molecule has 6 nitrogen and oxygen atoms in total. The topological polar surface area (TPSA) is 79.9 Å². The lowest BCUT2D eigenvalue weighted by molar-refractivity contribution is 0.0932. The summed E-state index contributed by atoms with van der Waals surface area (Å²) in [4.78, 5) is 19.4. The molecule has 1 aliphatic rings. The summed E-state index contributed by atoms with van der Waals surface area (Å²) in [6.07, 6.45) is 3.76. The highest BCUT2D eigenvalue weighted by Crippen LogP contribution is 2.40. The van der Waals surface area contributed by atoms with E-state index in [0.29, 0.717) is 23.8 Å². The number of guanidine groups is 1. The molecule has 0 aliphatic heterocycles. The number of methoxy groups -OCH3 is 1. The van der Waals surface area contributed by atoms with Crippen molar-refractivity contribution in [2.75, 3.05) is 27.7 Å². The molecule has 2 aromatic rings. The summed E-state index contributed by atoms with van der Waals surface area (Å²) < 4.78 is 5.35. The van der Waals surface area contributed by atoms with Crippen LogP contribution in [0.15, 0.2) is 59.6 Å². The summed E-state index contributed by atoms with van der Waals surface area (Å²) in [7, 11) is 5.39. The van der Waals surface area contributed by atoms with Crippen molar-refractivity contribution in [2.45, 2.75) is 37.1 Å². The van der Waals surface area contributed by atoms with Gasteiger partial charge in [-0.1, -0.05) is 42.5 Å². The molecule has 2 aromatic carbocycles. The van der Waals surface area contributed by atoms with Gasteiger partial charge in [0.15, 0.2) is 5.96 Å². The highest BCUT2D eigenvalue weighted by molar-refractivity contribution is 5.97. The number of ether oxygens (including phenoxy) is 1. The first-order chi connectivity index (χ1) is 14.4. The highest BCUT2D eigenvalue weighted by Gasteiger charge is 2.37. The van der Waals surface area contributed by atoms with Crippen molar-refractivity contribution < 1.29 is 9.53 Å². The van der Waals surface area contributed by atoms with Crippen LogP contribution >= 0.6 is 0 Å². The first-order valence-corrected chi connectivity index (χ1v) is 10.4. The number of hydrogen-bond donors (Lipinski definition) is 2. The number of carbonyl (C=O) groups is 1. The second kappa shape index (κ2) is 9.65. The average Bonchev–Trinajstić information content (AvgIpc) is 2.79. The van der Waals surface area contributed by atoms with Crippen LogP contribution in [0.1, 0.15) is 41.6 Å². The number of nitrogens with two attached hydrogens (primary N) is 1. The van der Waals surface area contributed by atoms with E-state index in [1.165, 1.54) is 5.56 Å². The van der Waals surface area contributed by atoms with E-state index in [1.807, 2.05) is 37.2 Å². The van der Waals surface area contributed by atoms with Gasteiger partial charge in [-0.15, -0.1) is 0 Å². The van der Waals surface area contributed by atoms with Gasteiger partial charge in [0.2, 0.25) is 0 Å². The van der Waals surface area contributed by atoms with Crippen LogP contribution in [-0.4, -0.2) is 50.6 Å². The van der Waals surface area contributed by atoms with Gasteiger partial charge in [-0.25, -0.2) is 4.99 Å². The lowest BCUT2D eigenvalue weighted by Gasteiger charge is -2.40. The van der Waals surface area contributed by atoms with E-state index in [1.54, 1.807) is 19.2 Å². The van der Waals surface area contributed by atoms with Crippen molar-refractivity contribution >= 4 is 11.9 Å². The summed E-state index contributed by atoms with van der Waals surface area (Å²) in [5.41, 5.74) is 7.72. The molecule has 3 N–H and O–H groups in total. The van der Waals surface area contributed by atoms with Gasteiger partial charge in [-0.3, -0.25) is 4.79 Å². The molecule has 0 atom stereocenters. The van der Waals surface area contributed by atoms with E-state index in [9.17, 15) is 4.79 Å². The highest BCUT2D eigenvalue weighted by atomic mass is 16.5. The second-order valence-electron chi connectivity index (χ2n) is 8.14. The molecule has 3 rings (SSSR count). The van der Waals surface area contributed by atoms with Gasteiger partial charge in [0, 0.05) is 26.1 Å². The average molecular weight is 409 g/mol. The van der Waals surface area contributed by atoms with E-state index in [2.05, 4.69) is 34.6 Å². The fourth-order valence-electron chi connectivity index (χ4n) is 4.12. The Bertz CT molecular complexity index is 872. The number of benzene rings is 2. The molecular weight excluding hydrogens is 376 g/mol. The minimum Gasteiger partial charge on any atom is -0.496 e. The van der Waals surface area contributed by atoms with Gasteiger partial charge in [0.25, 0.3) is 5.91 Å². The normalized spacial score (nSPS) is 21.7. The Morgan fingerprint density at radius 1 is 1.13 bits per heavy atom. The fraction of sp³-hybridized carbons (Fsp3) is 0.417. The van der Waals surface area contributed by atoms with Crippen LogP contribution in [-0.2, 0) is 5.41 Å². The number of nitrogens with one attached hydrogen (secondary N) is 1. The number of rotatable bonds is 6. The monoisotopic (exact) mass is 408 g/mol. The van der Waals surface area contributed by atoms with Gasteiger partial charge >= 0.3 is 0 Å². The Morgan fingerprint density at radius 2 is 1.77 bits per heavy atom. The first-order valence-electron chi connectivity index (χ1n) is 10.4. The standard InChI is InChI=1S/C24H32N4O2/c1-28(2)23(25)27-19-13-15-24(16-14-19,18-9-5-4-6-10-18)17-26-22(29)20-11-7-8-12-21(20)30-3/h4-12,19H,13-17H2,1-3H3,(H2,25,27)(H,26,29). The molecule has 1 saturated carbocycles. The van der Waals surface area contributed by atoms with Crippen LogP contribution in [0.3, 0.4) is 0 Å². The molecule has 0 bridgehead atoms. The van der Waals surface area contributed by atoms with Crippen molar-refractivity contribution in [3.05, 3.63) is 65.7 Å². The van der Waals surface area contributed by atoms with Crippen molar-refractivity contribution in [1.29, 1.82) is 0 Å². The van der Waals surface area contributed by atoms with E-state index >= 15 is 0 Å². The Morgan fingerprint density at radius 3 is 2.40 bits per heavy atom. The Hall–Kier alpha value is -3.02. The van der Waals surface area contributed by atoms with Gasteiger partial charge < -0.3 is 20.7 Å². The minimum absolute atomic E-state index is 0.111. The summed E-state index contributed by atoms with van der Waals surface area (Å²) in [6, 6.07) is 18.0. The predicted octanol–water partition coefficient (Wildman–Crippen LogP) is 3.18. The number of amides is 1. The fourth-order valence-corrected chi connectivity index (χ4v) is 4.12. The van der Waals surface area contributed by atoms with Crippen molar-refractivity contribution in [1.82, 2.24) is 10.2 Å². The number of nitrogens with zero attached hydrogens (tertiary/aromatic N) is 2. The van der Waals surface area contributed by atoms with E-state index in [4.69, 9.17) is 10.5 Å². The Labute approximate surface area is 179 Å². The van der Waals surface area contributed by atoms with Crippen LogP contribution in [0.25, 0.3) is 0 Å². The second-order valence-corrected chi connectivity index (χ2v) is 8.14. The molecule has 1 fully saturated rings. The number of carbonyl (C=O) groups excluding carboxylic acids is 1. The van der Waals surface area contributed by atoms with E-state index in [0.717, 1.165) is 25.7 Å². The van der Waals surface area contributed by atoms with Crippen LogP contribution in [0.4, 0.5) is 0 Å². The van der Waals surface area contributed by atoms with E-state index in [-0.39, 0.29) is 17.4 Å². The first kappa shape index (κ1) is 21.7. The molecular formula is C24H32N4O2. The summed E-state index contributed by atoms with van der Waals surface area (Å²) in [5.74, 6) is 1.04. The summed E-state index contributed by atoms with van der Waals surface area (Å²) in [5, 5.41) is 3.17. The van der Waals surface area contributed by atoms with Crippen LogP contribution < -0.4 is 15.8 Å². The molecule has 1 aliphatic carbocycles. The van der Waals surface area contributed by atoms with Crippen molar-refractivity contribution in [3.63, 3.8) is 0 Å². The molecule has 0 aromatic heterocycles. The third-order valence-electron chi connectivity index (χ3n) is 6.01. The third-order valence-corrected chi connectivity index (χ3v) is 6.01. The molecule has 0 radical (unpaired) electrons. The smallest absolute Gasteiger partial charge is 0.255 e. The maximum absolute atomic E-state index is 12.9. The Kier molecular flexibility index (Phi) is 6.98. The van der Waals surface area contributed by atoms with Crippen molar-refractivity contribution in [2.24, 2.45) is 10.7 Å². The van der Waals surface area contributed by atoms with Gasteiger partial charge in [-0.05, 0) is 43.4 Å². The zero-order chi connectivity index (χ0) is 21.6. The molecule has 30 heavy (non-hydrogen) atoms. The van der Waals surface area contributed by atoms with Crippen molar-refractivity contribution in [3.8, 4) is 5.75 Å². The zero-order valence-corrected chi connectivity index (χ0v) is 18.1. The largest absolute Gasteiger partial charge is 0.496 e. The third kappa shape index (κ3) is 4.93. The minimum atomic E-state index is -0.113. The number of aliphatic imine (C=N–C) groups is 1. The quantitative estimate of drug-likeness (QED) is 0.568. The molecule has 6 heteroatoms. The van der Waals surface area contributed by atoms with Gasteiger partial charge in [0.1, 0.15) is 5.75 Å². The molecule has 1 amide bonds. The predicted molar refractivity (Wildman–Crippen MR) is 121 cm³/mol. The molecule has 0 spiro atoms. The molecule has 0 saturated heterocycles. The Balaban J connectivity index is 1.76. The molecule has 0 heterocycles. The van der Waals surface area contributed by atoms with E-state index < -0.39 is 0 Å². The number of hydrogen-bond acceptors (Lipinski definition) is 3. The van der Waals surface area contributed by atoms with Crippen LogP contribution in [0.5, 0.6) is 5.75 Å². The molecule has 0 unspecified atom stereocenters. The summed E-state index contributed by atoms with van der Waals surface area (Å²) in [6.45, 7) is 0.577. The van der Waals surface area contributed by atoms with Gasteiger partial charge in [0.05, 0.1) is 18.7 Å². The number of para-hydroxylation sites is 1. The van der Waals surface area contributed by atoms with Crippen LogP contribution in [0, 0.1) is 0 Å². The molecule has 160 valence electrons. The SMILES string of the molecule is COc1ccccc1C(=O)NCC1(c2ccccc2)CCC(N=C(N)N(C)C)CC1. The maximum Gasteiger partial charge on any atom is 0.255 e. The zero-order valence-electron chi connectivity index (χ0n) is 18.1. The summed E-state index contributed by atoms with van der Waals surface area (Å²) >= 11 is 0. The van der Waals surface area contributed by atoms with Crippen LogP contribution in [0.2, 0.25) is 0 Å².